The second-order valence-electron chi connectivity index (χ2n) is 5.80. The monoisotopic (exact) mass is 319 g/mol. The molecule has 118 valence electrons. The SMILES string of the molecule is CN[C@H]1CCCN(S(=O)(=O)c2cccc3cncc(C)c23)C1. The lowest BCUT2D eigenvalue weighted by atomic mass is 10.1. The van der Waals surface area contributed by atoms with Crippen molar-refractivity contribution < 1.29 is 8.42 Å². The Labute approximate surface area is 131 Å². The van der Waals surface area contributed by atoms with E-state index < -0.39 is 10.0 Å². The zero-order valence-corrected chi connectivity index (χ0v) is 13.7. The standard InChI is InChI=1S/C16H21N3O2S/c1-12-9-18-10-13-5-3-7-15(16(12)13)22(20,21)19-8-4-6-14(11-19)17-2/h3,5,7,9-10,14,17H,4,6,8,11H2,1-2H3/t14-/m0/s1. The van der Waals surface area contributed by atoms with Gasteiger partial charge in [-0.1, -0.05) is 12.1 Å². The highest BCUT2D eigenvalue weighted by Crippen LogP contribution is 2.29. The molecule has 1 aromatic heterocycles. The van der Waals surface area contributed by atoms with Crippen molar-refractivity contribution in [1.82, 2.24) is 14.6 Å². The Balaban J connectivity index is 2.10. The average molecular weight is 319 g/mol. The molecule has 0 radical (unpaired) electrons. The van der Waals surface area contributed by atoms with Gasteiger partial charge in [-0.25, -0.2) is 8.42 Å². The predicted molar refractivity (Wildman–Crippen MR) is 87.3 cm³/mol. The number of hydrogen-bond donors (Lipinski definition) is 1. The van der Waals surface area contributed by atoms with Gasteiger partial charge in [0.05, 0.1) is 4.90 Å². The molecule has 5 nitrogen and oxygen atoms in total. The van der Waals surface area contributed by atoms with Crippen molar-refractivity contribution in [2.45, 2.75) is 30.7 Å². The molecule has 0 amide bonds. The van der Waals surface area contributed by atoms with E-state index in [1.54, 1.807) is 28.8 Å². The van der Waals surface area contributed by atoms with Crippen LogP contribution in [0.3, 0.4) is 0 Å². The van der Waals surface area contributed by atoms with E-state index >= 15 is 0 Å². The van der Waals surface area contributed by atoms with Crippen molar-refractivity contribution in [3.8, 4) is 0 Å². The first kappa shape index (κ1) is 15.4. The summed E-state index contributed by atoms with van der Waals surface area (Å²) in [6, 6.07) is 5.62. The maximum Gasteiger partial charge on any atom is 0.243 e. The van der Waals surface area contributed by atoms with E-state index in [1.807, 2.05) is 20.0 Å². The fourth-order valence-corrected chi connectivity index (χ4v) is 4.93. The highest BCUT2D eigenvalue weighted by atomic mass is 32.2. The minimum absolute atomic E-state index is 0.223. The fraction of sp³-hybridized carbons (Fsp3) is 0.438. The minimum Gasteiger partial charge on any atom is -0.316 e. The first-order chi connectivity index (χ1) is 10.5. The van der Waals surface area contributed by atoms with E-state index in [1.165, 1.54) is 0 Å². The molecule has 0 bridgehead atoms. The molecule has 2 heterocycles. The number of aromatic nitrogens is 1. The van der Waals surface area contributed by atoms with Crippen LogP contribution in [0.5, 0.6) is 0 Å². The van der Waals surface area contributed by atoms with Gasteiger partial charge in [0.15, 0.2) is 0 Å². The molecular weight excluding hydrogens is 298 g/mol. The van der Waals surface area contributed by atoms with Crippen molar-refractivity contribution in [1.29, 1.82) is 0 Å². The van der Waals surface area contributed by atoms with Crippen LogP contribution >= 0.6 is 0 Å². The Kier molecular flexibility index (Phi) is 4.16. The van der Waals surface area contributed by atoms with Gasteiger partial charge in [0.2, 0.25) is 10.0 Å². The van der Waals surface area contributed by atoms with Crippen molar-refractivity contribution in [3.63, 3.8) is 0 Å². The van der Waals surface area contributed by atoms with Crippen LogP contribution in [-0.4, -0.2) is 43.9 Å². The van der Waals surface area contributed by atoms with Gasteiger partial charge in [0, 0.05) is 42.3 Å². The smallest absolute Gasteiger partial charge is 0.243 e. The summed E-state index contributed by atoms with van der Waals surface area (Å²) >= 11 is 0. The van der Waals surface area contributed by atoms with Gasteiger partial charge in [-0.2, -0.15) is 4.31 Å². The third kappa shape index (κ3) is 2.62. The second-order valence-corrected chi connectivity index (χ2v) is 7.71. The maximum atomic E-state index is 13.1. The topological polar surface area (TPSA) is 62.3 Å². The van der Waals surface area contributed by atoms with Crippen LogP contribution in [0.15, 0.2) is 35.5 Å². The van der Waals surface area contributed by atoms with E-state index in [0.29, 0.717) is 18.0 Å². The quantitative estimate of drug-likeness (QED) is 0.939. The molecular formula is C16H21N3O2S. The number of aryl methyl sites for hydroxylation is 1. The van der Waals surface area contributed by atoms with Crippen LogP contribution in [0.25, 0.3) is 10.8 Å². The number of benzene rings is 1. The summed E-state index contributed by atoms with van der Waals surface area (Å²) in [6.45, 7) is 3.02. The van der Waals surface area contributed by atoms with E-state index in [4.69, 9.17) is 0 Å². The Morgan fingerprint density at radius 2 is 2.14 bits per heavy atom. The summed E-state index contributed by atoms with van der Waals surface area (Å²) in [5.74, 6) is 0. The Morgan fingerprint density at radius 3 is 2.91 bits per heavy atom. The molecule has 6 heteroatoms. The predicted octanol–water partition coefficient (Wildman–Crippen LogP) is 1.92. The molecule has 1 aliphatic heterocycles. The van der Waals surface area contributed by atoms with E-state index in [0.717, 1.165) is 29.2 Å². The van der Waals surface area contributed by atoms with E-state index in [-0.39, 0.29) is 6.04 Å². The number of sulfonamides is 1. The molecule has 0 spiro atoms. The minimum atomic E-state index is -3.49. The van der Waals surface area contributed by atoms with Gasteiger partial charge < -0.3 is 5.32 Å². The molecule has 1 aliphatic rings. The largest absolute Gasteiger partial charge is 0.316 e. The van der Waals surface area contributed by atoms with Crippen molar-refractivity contribution in [2.75, 3.05) is 20.1 Å². The number of hydrogen-bond acceptors (Lipinski definition) is 4. The molecule has 1 aromatic carbocycles. The van der Waals surface area contributed by atoms with Crippen LogP contribution in [0.4, 0.5) is 0 Å². The van der Waals surface area contributed by atoms with E-state index in [2.05, 4.69) is 10.3 Å². The van der Waals surface area contributed by atoms with Crippen LogP contribution < -0.4 is 5.32 Å². The fourth-order valence-electron chi connectivity index (χ4n) is 3.12. The van der Waals surface area contributed by atoms with Crippen molar-refractivity contribution in [2.24, 2.45) is 0 Å². The molecule has 22 heavy (non-hydrogen) atoms. The lowest BCUT2D eigenvalue weighted by Crippen LogP contribution is -2.46. The zero-order valence-electron chi connectivity index (χ0n) is 12.9. The summed E-state index contributed by atoms with van der Waals surface area (Å²) < 4.78 is 27.8. The number of pyridine rings is 1. The summed E-state index contributed by atoms with van der Waals surface area (Å²) in [6.07, 6.45) is 5.33. The van der Waals surface area contributed by atoms with E-state index in [9.17, 15) is 8.42 Å². The first-order valence-electron chi connectivity index (χ1n) is 7.55. The molecule has 1 N–H and O–H groups in total. The van der Waals surface area contributed by atoms with Gasteiger partial charge in [-0.15, -0.1) is 0 Å². The second kappa shape index (κ2) is 5.95. The van der Waals surface area contributed by atoms with Gasteiger partial charge in [0.1, 0.15) is 0 Å². The van der Waals surface area contributed by atoms with Crippen molar-refractivity contribution in [3.05, 3.63) is 36.2 Å². The van der Waals surface area contributed by atoms with Gasteiger partial charge >= 0.3 is 0 Å². The normalized spacial score (nSPS) is 20.4. The molecule has 0 unspecified atom stereocenters. The third-order valence-corrected chi connectivity index (χ3v) is 6.25. The van der Waals surface area contributed by atoms with Crippen LogP contribution in [0.1, 0.15) is 18.4 Å². The Hall–Kier alpha value is -1.50. The third-order valence-electron chi connectivity index (χ3n) is 4.34. The number of piperidine rings is 1. The number of likely N-dealkylation sites (N-methyl/N-ethyl adjacent to an activating group) is 1. The summed E-state index contributed by atoms with van der Waals surface area (Å²) in [5, 5.41) is 4.84. The van der Waals surface area contributed by atoms with Crippen LogP contribution in [0.2, 0.25) is 0 Å². The molecule has 0 aliphatic carbocycles. The number of fused-ring (bicyclic) bond motifs is 1. The molecule has 3 rings (SSSR count). The van der Waals surface area contributed by atoms with Gasteiger partial charge in [-0.3, -0.25) is 4.98 Å². The van der Waals surface area contributed by atoms with Crippen molar-refractivity contribution >= 4 is 20.8 Å². The van der Waals surface area contributed by atoms with Gasteiger partial charge in [0.25, 0.3) is 0 Å². The average Bonchev–Trinajstić information content (AvgIpc) is 2.54. The number of rotatable bonds is 3. The summed E-state index contributed by atoms with van der Waals surface area (Å²) in [5.41, 5.74) is 0.888. The number of nitrogens with one attached hydrogen (secondary N) is 1. The van der Waals surface area contributed by atoms with Gasteiger partial charge in [-0.05, 0) is 38.4 Å². The maximum absolute atomic E-state index is 13.1. The van der Waals surface area contributed by atoms with Crippen LogP contribution in [0, 0.1) is 6.92 Å². The first-order valence-corrected chi connectivity index (χ1v) is 8.99. The highest BCUT2D eigenvalue weighted by molar-refractivity contribution is 7.89. The number of nitrogens with zero attached hydrogens (tertiary/aromatic N) is 2. The molecule has 1 atom stereocenters. The Bertz CT molecular complexity index is 784. The summed E-state index contributed by atoms with van der Waals surface area (Å²) in [7, 11) is -1.61. The highest BCUT2D eigenvalue weighted by Gasteiger charge is 2.31. The summed E-state index contributed by atoms with van der Waals surface area (Å²) in [4.78, 5) is 4.55. The molecule has 1 fully saturated rings. The molecule has 1 saturated heterocycles. The molecule has 0 saturated carbocycles. The molecule has 2 aromatic rings. The Morgan fingerprint density at radius 1 is 1.32 bits per heavy atom. The van der Waals surface area contributed by atoms with Crippen LogP contribution in [-0.2, 0) is 10.0 Å². The zero-order chi connectivity index (χ0) is 15.7. The lowest BCUT2D eigenvalue weighted by molar-refractivity contribution is 0.293. The lowest BCUT2D eigenvalue weighted by Gasteiger charge is -2.32.